The van der Waals surface area contributed by atoms with Gasteiger partial charge in [0.1, 0.15) is 0 Å². The van der Waals surface area contributed by atoms with Crippen molar-refractivity contribution in [3.8, 4) is 0 Å². The van der Waals surface area contributed by atoms with Crippen LogP contribution in [0.1, 0.15) is 46.0 Å². The maximum absolute atomic E-state index is 12.8. The van der Waals surface area contributed by atoms with E-state index in [1.807, 2.05) is 13.8 Å². The van der Waals surface area contributed by atoms with Crippen molar-refractivity contribution in [3.63, 3.8) is 0 Å². The second-order valence-corrected chi connectivity index (χ2v) is 7.98. The first-order valence-corrected chi connectivity index (χ1v) is 8.81. The minimum atomic E-state index is -3.32. The number of hydrogen-bond acceptors (Lipinski definition) is 3. The van der Waals surface area contributed by atoms with Gasteiger partial charge in [0, 0.05) is 38.3 Å². The van der Waals surface area contributed by atoms with Crippen molar-refractivity contribution in [3.05, 3.63) is 0 Å². The zero-order chi connectivity index (χ0) is 14.0. The summed E-state index contributed by atoms with van der Waals surface area (Å²) in [5.41, 5.74) is 0. The average Bonchev–Trinajstić information content (AvgIpc) is 2.41. The van der Waals surface area contributed by atoms with E-state index in [9.17, 15) is 8.42 Å². The number of piperazine rings is 1. The first-order chi connectivity index (χ1) is 8.93. The molecule has 0 radical (unpaired) electrons. The standard InChI is InChI=1S/C13H27N3O2S.ClH/c1-11-10-16(12(2)9-14-11)19(17,18)15(3)13-7-5-4-6-8-13;/h11-14H,4-10H2,1-3H3;1H. The molecule has 1 aliphatic carbocycles. The molecule has 0 aromatic rings. The molecule has 0 bridgehead atoms. The molecule has 2 fully saturated rings. The molecule has 1 heterocycles. The maximum Gasteiger partial charge on any atom is 0.282 e. The smallest absolute Gasteiger partial charge is 0.282 e. The van der Waals surface area contributed by atoms with Crippen LogP contribution in [0.5, 0.6) is 0 Å². The van der Waals surface area contributed by atoms with E-state index < -0.39 is 10.2 Å². The Morgan fingerprint density at radius 2 is 1.75 bits per heavy atom. The number of nitrogens with zero attached hydrogens (tertiary/aromatic N) is 2. The highest BCUT2D eigenvalue weighted by Crippen LogP contribution is 2.26. The summed E-state index contributed by atoms with van der Waals surface area (Å²) in [6.45, 7) is 5.32. The van der Waals surface area contributed by atoms with Crippen molar-refractivity contribution in [2.75, 3.05) is 20.1 Å². The molecule has 20 heavy (non-hydrogen) atoms. The summed E-state index contributed by atoms with van der Waals surface area (Å²) in [4.78, 5) is 0. The average molecular weight is 326 g/mol. The summed E-state index contributed by atoms with van der Waals surface area (Å²) >= 11 is 0. The van der Waals surface area contributed by atoms with Gasteiger partial charge in [0.25, 0.3) is 10.2 Å². The predicted octanol–water partition coefficient (Wildman–Crippen LogP) is 1.60. The summed E-state index contributed by atoms with van der Waals surface area (Å²) in [6.07, 6.45) is 5.55. The van der Waals surface area contributed by atoms with Crippen LogP contribution in [0.4, 0.5) is 0 Å². The molecule has 2 unspecified atom stereocenters. The first kappa shape index (κ1) is 18.2. The van der Waals surface area contributed by atoms with Crippen LogP contribution in [0, 0.1) is 0 Å². The van der Waals surface area contributed by atoms with Crippen molar-refractivity contribution in [2.24, 2.45) is 0 Å². The Bertz CT molecular complexity index is 398. The van der Waals surface area contributed by atoms with Gasteiger partial charge in [-0.2, -0.15) is 17.0 Å². The van der Waals surface area contributed by atoms with Crippen molar-refractivity contribution in [2.45, 2.75) is 64.1 Å². The molecule has 1 aliphatic heterocycles. The van der Waals surface area contributed by atoms with Crippen molar-refractivity contribution in [1.29, 1.82) is 0 Å². The molecule has 0 amide bonds. The van der Waals surface area contributed by atoms with Crippen molar-refractivity contribution < 1.29 is 8.42 Å². The number of hydrogen-bond donors (Lipinski definition) is 1. The number of halogens is 1. The molecule has 0 aromatic carbocycles. The van der Waals surface area contributed by atoms with E-state index in [2.05, 4.69) is 5.32 Å². The van der Waals surface area contributed by atoms with Gasteiger partial charge in [-0.3, -0.25) is 0 Å². The maximum atomic E-state index is 12.8. The molecule has 5 nitrogen and oxygen atoms in total. The van der Waals surface area contributed by atoms with Gasteiger partial charge >= 0.3 is 0 Å². The molecule has 120 valence electrons. The lowest BCUT2D eigenvalue weighted by Crippen LogP contribution is -2.59. The fourth-order valence-corrected chi connectivity index (χ4v) is 4.97. The molecule has 2 aliphatic rings. The van der Waals surface area contributed by atoms with E-state index in [1.165, 1.54) is 6.42 Å². The zero-order valence-corrected chi connectivity index (χ0v) is 14.3. The van der Waals surface area contributed by atoms with Gasteiger partial charge in [0.05, 0.1) is 0 Å². The quantitative estimate of drug-likeness (QED) is 0.857. The lowest BCUT2D eigenvalue weighted by Gasteiger charge is -2.41. The van der Waals surface area contributed by atoms with Crippen LogP contribution in [0.3, 0.4) is 0 Å². The Morgan fingerprint density at radius 3 is 2.35 bits per heavy atom. The van der Waals surface area contributed by atoms with Gasteiger partial charge in [0.2, 0.25) is 0 Å². The van der Waals surface area contributed by atoms with Crippen molar-refractivity contribution >= 4 is 22.6 Å². The summed E-state index contributed by atoms with van der Waals surface area (Å²) in [5, 5.41) is 3.33. The van der Waals surface area contributed by atoms with E-state index in [-0.39, 0.29) is 30.5 Å². The number of rotatable bonds is 3. The summed E-state index contributed by atoms with van der Waals surface area (Å²) < 4.78 is 28.8. The van der Waals surface area contributed by atoms with Crippen LogP contribution in [0.15, 0.2) is 0 Å². The predicted molar refractivity (Wildman–Crippen MR) is 84.4 cm³/mol. The molecule has 2 rings (SSSR count). The largest absolute Gasteiger partial charge is 0.311 e. The van der Waals surface area contributed by atoms with Gasteiger partial charge < -0.3 is 5.32 Å². The van der Waals surface area contributed by atoms with Crippen LogP contribution in [0.2, 0.25) is 0 Å². The van der Waals surface area contributed by atoms with Gasteiger partial charge in [0.15, 0.2) is 0 Å². The fourth-order valence-electron chi connectivity index (χ4n) is 3.11. The summed E-state index contributed by atoms with van der Waals surface area (Å²) in [7, 11) is -1.56. The summed E-state index contributed by atoms with van der Waals surface area (Å²) in [6, 6.07) is 0.453. The molecule has 0 aromatic heterocycles. The SMILES string of the molecule is CC1CN(S(=O)(=O)N(C)C2CCCCC2)C(C)CN1.Cl. The molecule has 0 spiro atoms. The number of nitrogens with one attached hydrogen (secondary N) is 1. The van der Waals surface area contributed by atoms with E-state index in [0.29, 0.717) is 6.54 Å². The van der Waals surface area contributed by atoms with Gasteiger partial charge in [-0.15, -0.1) is 12.4 Å². The normalized spacial score (nSPS) is 30.2. The minimum absolute atomic E-state index is 0. The lowest BCUT2D eigenvalue weighted by atomic mass is 9.96. The Labute approximate surface area is 129 Å². The van der Waals surface area contributed by atoms with E-state index in [1.54, 1.807) is 15.7 Å². The molecule has 1 saturated heterocycles. The van der Waals surface area contributed by atoms with Crippen molar-refractivity contribution in [1.82, 2.24) is 13.9 Å². The van der Waals surface area contributed by atoms with E-state index in [4.69, 9.17) is 0 Å². The highest BCUT2D eigenvalue weighted by molar-refractivity contribution is 7.86. The third-order valence-corrected chi connectivity index (χ3v) is 6.58. The third kappa shape index (κ3) is 3.85. The first-order valence-electron chi connectivity index (χ1n) is 7.41. The topological polar surface area (TPSA) is 52.7 Å². The third-order valence-electron chi connectivity index (χ3n) is 4.46. The monoisotopic (exact) mass is 325 g/mol. The lowest BCUT2D eigenvalue weighted by molar-refractivity contribution is 0.209. The molecule has 2 atom stereocenters. The van der Waals surface area contributed by atoms with Crippen LogP contribution in [-0.4, -0.2) is 55.3 Å². The van der Waals surface area contributed by atoms with Gasteiger partial charge in [-0.25, -0.2) is 0 Å². The highest BCUT2D eigenvalue weighted by atomic mass is 35.5. The van der Waals surface area contributed by atoms with Crippen LogP contribution in [-0.2, 0) is 10.2 Å². The summed E-state index contributed by atoms with van der Waals surface area (Å²) in [5.74, 6) is 0. The molecule has 1 saturated carbocycles. The Kier molecular flexibility index (Phi) is 6.73. The molecular weight excluding hydrogens is 298 g/mol. The molecule has 1 N–H and O–H groups in total. The van der Waals surface area contributed by atoms with E-state index in [0.717, 1.165) is 32.2 Å². The van der Waals surface area contributed by atoms with Gasteiger partial charge in [-0.1, -0.05) is 19.3 Å². The second kappa shape index (κ2) is 7.40. The molecular formula is C13H28ClN3O2S. The zero-order valence-electron chi connectivity index (χ0n) is 12.7. The fraction of sp³-hybridized carbons (Fsp3) is 1.00. The Balaban J connectivity index is 0.00000200. The van der Waals surface area contributed by atoms with E-state index >= 15 is 0 Å². The Morgan fingerprint density at radius 1 is 1.15 bits per heavy atom. The second-order valence-electron chi connectivity index (χ2n) is 6.04. The van der Waals surface area contributed by atoms with Crippen LogP contribution < -0.4 is 5.32 Å². The van der Waals surface area contributed by atoms with Crippen LogP contribution >= 0.6 is 12.4 Å². The van der Waals surface area contributed by atoms with Gasteiger partial charge in [-0.05, 0) is 26.7 Å². The van der Waals surface area contributed by atoms with Crippen LogP contribution in [0.25, 0.3) is 0 Å². The minimum Gasteiger partial charge on any atom is -0.311 e. The highest BCUT2D eigenvalue weighted by Gasteiger charge is 2.37. The Hall–Kier alpha value is 0.120. The molecule has 7 heteroatoms.